The zero-order valence-corrected chi connectivity index (χ0v) is 16.3. The lowest BCUT2D eigenvalue weighted by molar-refractivity contribution is -0.141. The molecule has 0 unspecified atom stereocenters. The van der Waals surface area contributed by atoms with E-state index in [9.17, 15) is 31.9 Å². The van der Waals surface area contributed by atoms with Gasteiger partial charge in [-0.15, -0.1) is 0 Å². The van der Waals surface area contributed by atoms with E-state index in [-0.39, 0.29) is 35.3 Å². The smallest absolute Gasteiger partial charge is 0.433 e. The number of halogens is 4. The van der Waals surface area contributed by atoms with Crippen LogP contribution in [-0.2, 0) is 17.5 Å². The molecule has 0 radical (unpaired) electrons. The average Bonchev–Trinajstić information content (AvgIpc) is 3.13. The van der Waals surface area contributed by atoms with Crippen LogP contribution in [0.4, 0.5) is 22.4 Å². The van der Waals surface area contributed by atoms with Gasteiger partial charge >= 0.3 is 12.3 Å². The number of pyridine rings is 2. The van der Waals surface area contributed by atoms with Crippen molar-refractivity contribution in [2.75, 3.05) is 6.54 Å². The summed E-state index contributed by atoms with van der Waals surface area (Å²) in [6.45, 7) is -0.706. The van der Waals surface area contributed by atoms with Crippen molar-refractivity contribution in [2.45, 2.75) is 31.4 Å². The standard InChI is InChI=1S/C19H17F4N5O4/c20-11-4-14(28(8-11)18(31)32)17(30)27-6-10-3-13(25-7-12(10)16(24)29)9-1-2-15(26-5-9)19(21,22)23/h1-3,5,7,11,14H,4,6,8H2,(H2,24,29)(H,27,30)(H,31,32)/t11-,14-/m1/s1. The number of aromatic nitrogens is 2. The Balaban J connectivity index is 1.82. The number of likely N-dealkylation sites (tertiary alicyclic amines) is 1. The summed E-state index contributed by atoms with van der Waals surface area (Å²) in [5.74, 6) is -1.63. The summed E-state index contributed by atoms with van der Waals surface area (Å²) in [4.78, 5) is 43.4. The molecular formula is C19H17F4N5O4. The Morgan fingerprint density at radius 3 is 2.50 bits per heavy atom. The van der Waals surface area contributed by atoms with Crippen LogP contribution in [0.2, 0.25) is 0 Å². The van der Waals surface area contributed by atoms with Gasteiger partial charge in [0, 0.05) is 30.9 Å². The summed E-state index contributed by atoms with van der Waals surface area (Å²) in [6.07, 6.45) is -5.78. The van der Waals surface area contributed by atoms with Gasteiger partial charge in [-0.2, -0.15) is 13.2 Å². The van der Waals surface area contributed by atoms with Crippen molar-refractivity contribution in [3.05, 3.63) is 47.4 Å². The van der Waals surface area contributed by atoms with Gasteiger partial charge < -0.3 is 16.2 Å². The van der Waals surface area contributed by atoms with Gasteiger partial charge in [0.2, 0.25) is 5.91 Å². The predicted molar refractivity (Wildman–Crippen MR) is 101 cm³/mol. The number of rotatable bonds is 5. The van der Waals surface area contributed by atoms with Gasteiger partial charge in [0.05, 0.1) is 17.8 Å². The van der Waals surface area contributed by atoms with Gasteiger partial charge in [-0.05, 0) is 23.8 Å². The minimum Gasteiger partial charge on any atom is -0.465 e. The molecule has 1 aliphatic rings. The highest BCUT2D eigenvalue weighted by Gasteiger charge is 2.39. The Kier molecular flexibility index (Phi) is 6.27. The quantitative estimate of drug-likeness (QED) is 0.590. The van der Waals surface area contributed by atoms with Crippen LogP contribution >= 0.6 is 0 Å². The van der Waals surface area contributed by atoms with E-state index >= 15 is 0 Å². The van der Waals surface area contributed by atoms with Crippen molar-refractivity contribution in [1.29, 1.82) is 0 Å². The fourth-order valence-electron chi connectivity index (χ4n) is 3.28. The fraction of sp³-hybridized carbons (Fsp3) is 0.316. The van der Waals surface area contributed by atoms with Crippen LogP contribution in [0, 0.1) is 0 Å². The highest BCUT2D eigenvalue weighted by Crippen LogP contribution is 2.29. The molecule has 2 aromatic heterocycles. The predicted octanol–water partition coefficient (Wildman–Crippen LogP) is 1.97. The lowest BCUT2D eigenvalue weighted by atomic mass is 10.1. The molecule has 1 aliphatic heterocycles. The number of primary amides is 1. The Hall–Kier alpha value is -3.77. The molecule has 13 heteroatoms. The lowest BCUT2D eigenvalue weighted by Crippen LogP contribution is -2.45. The number of carboxylic acid groups (broad SMARTS) is 1. The van der Waals surface area contributed by atoms with E-state index in [1.165, 1.54) is 6.07 Å². The third-order valence-corrected chi connectivity index (χ3v) is 4.86. The van der Waals surface area contributed by atoms with E-state index in [2.05, 4.69) is 15.3 Å². The number of alkyl halides is 4. The third kappa shape index (κ3) is 4.92. The second kappa shape index (κ2) is 8.77. The van der Waals surface area contributed by atoms with Crippen LogP contribution < -0.4 is 11.1 Å². The highest BCUT2D eigenvalue weighted by molar-refractivity contribution is 5.94. The van der Waals surface area contributed by atoms with Gasteiger partial charge in [-0.3, -0.25) is 24.5 Å². The third-order valence-electron chi connectivity index (χ3n) is 4.86. The molecule has 0 aliphatic carbocycles. The van der Waals surface area contributed by atoms with Crippen LogP contribution in [0.1, 0.15) is 28.0 Å². The first-order valence-electron chi connectivity index (χ1n) is 9.21. The highest BCUT2D eigenvalue weighted by atomic mass is 19.4. The topological polar surface area (TPSA) is 139 Å². The molecule has 3 rings (SSSR count). The summed E-state index contributed by atoms with van der Waals surface area (Å²) in [5.41, 5.74) is 4.74. The van der Waals surface area contributed by atoms with E-state index in [0.29, 0.717) is 4.90 Å². The van der Waals surface area contributed by atoms with Crippen LogP contribution in [0.3, 0.4) is 0 Å². The minimum absolute atomic E-state index is 0.0567. The van der Waals surface area contributed by atoms with Crippen molar-refractivity contribution < 1.29 is 37.1 Å². The van der Waals surface area contributed by atoms with E-state index in [0.717, 1.165) is 24.5 Å². The summed E-state index contributed by atoms with van der Waals surface area (Å²) in [5, 5.41) is 11.6. The van der Waals surface area contributed by atoms with Gasteiger partial charge in [-0.1, -0.05) is 0 Å². The molecule has 0 spiro atoms. The van der Waals surface area contributed by atoms with Crippen LogP contribution in [0.5, 0.6) is 0 Å². The average molecular weight is 455 g/mol. The molecular weight excluding hydrogens is 438 g/mol. The fourth-order valence-corrected chi connectivity index (χ4v) is 3.28. The first-order chi connectivity index (χ1) is 15.0. The van der Waals surface area contributed by atoms with E-state index < -0.39 is 48.5 Å². The molecule has 2 atom stereocenters. The Morgan fingerprint density at radius 1 is 1.22 bits per heavy atom. The molecule has 1 fully saturated rings. The summed E-state index contributed by atoms with van der Waals surface area (Å²) >= 11 is 0. The molecule has 2 aromatic rings. The van der Waals surface area contributed by atoms with Crippen molar-refractivity contribution in [3.63, 3.8) is 0 Å². The number of carbonyl (C=O) groups is 3. The van der Waals surface area contributed by atoms with Crippen molar-refractivity contribution in [3.8, 4) is 11.3 Å². The van der Waals surface area contributed by atoms with Gasteiger partial charge in [-0.25, -0.2) is 9.18 Å². The van der Waals surface area contributed by atoms with Crippen LogP contribution in [0.25, 0.3) is 11.3 Å². The molecule has 3 amide bonds. The van der Waals surface area contributed by atoms with Crippen molar-refractivity contribution in [1.82, 2.24) is 20.2 Å². The first kappa shape index (κ1) is 22.9. The van der Waals surface area contributed by atoms with E-state index in [1.54, 1.807) is 0 Å². The molecule has 0 saturated carbocycles. The maximum absolute atomic E-state index is 13.6. The molecule has 0 bridgehead atoms. The molecule has 170 valence electrons. The number of nitrogens with one attached hydrogen (secondary N) is 1. The Bertz CT molecular complexity index is 1050. The number of hydrogen-bond donors (Lipinski definition) is 3. The number of nitrogens with zero attached hydrogens (tertiary/aromatic N) is 3. The number of carbonyl (C=O) groups excluding carboxylic acids is 2. The maximum atomic E-state index is 13.6. The molecule has 0 aromatic carbocycles. The summed E-state index contributed by atoms with van der Waals surface area (Å²) < 4.78 is 51.7. The maximum Gasteiger partial charge on any atom is 0.433 e. The minimum atomic E-state index is -4.61. The normalized spacial score (nSPS) is 18.4. The second-order valence-electron chi connectivity index (χ2n) is 7.02. The summed E-state index contributed by atoms with van der Waals surface area (Å²) in [6, 6.07) is 2.02. The summed E-state index contributed by atoms with van der Waals surface area (Å²) in [7, 11) is 0. The SMILES string of the molecule is NC(=O)c1cnc(-c2ccc(C(F)(F)F)nc2)cc1CNC(=O)[C@H]1C[C@@H](F)CN1C(=O)O. The van der Waals surface area contributed by atoms with Gasteiger partial charge in [0.15, 0.2) is 0 Å². The molecule has 3 heterocycles. The van der Waals surface area contributed by atoms with Crippen LogP contribution in [-0.4, -0.2) is 56.6 Å². The van der Waals surface area contributed by atoms with Crippen molar-refractivity contribution in [2.24, 2.45) is 5.73 Å². The molecule has 32 heavy (non-hydrogen) atoms. The molecule has 4 N–H and O–H groups in total. The largest absolute Gasteiger partial charge is 0.465 e. The zero-order chi connectivity index (χ0) is 23.6. The van der Waals surface area contributed by atoms with E-state index in [4.69, 9.17) is 10.8 Å². The van der Waals surface area contributed by atoms with Gasteiger partial charge in [0.25, 0.3) is 5.91 Å². The Labute approximate surface area is 178 Å². The van der Waals surface area contributed by atoms with E-state index in [1.807, 2.05) is 0 Å². The monoisotopic (exact) mass is 455 g/mol. The number of nitrogens with two attached hydrogens (primary N) is 1. The lowest BCUT2D eigenvalue weighted by Gasteiger charge is -2.20. The number of hydrogen-bond acceptors (Lipinski definition) is 5. The Morgan fingerprint density at radius 2 is 1.94 bits per heavy atom. The molecule has 1 saturated heterocycles. The first-order valence-corrected chi connectivity index (χ1v) is 9.21. The zero-order valence-electron chi connectivity index (χ0n) is 16.3. The van der Waals surface area contributed by atoms with Crippen molar-refractivity contribution >= 4 is 17.9 Å². The molecule has 9 nitrogen and oxygen atoms in total. The van der Waals surface area contributed by atoms with Crippen LogP contribution in [0.15, 0.2) is 30.6 Å². The van der Waals surface area contributed by atoms with Gasteiger partial charge in [0.1, 0.15) is 17.9 Å². The second-order valence-corrected chi connectivity index (χ2v) is 7.02. The number of amides is 3.